The molecule has 4 aliphatic rings. The third-order valence-electron chi connectivity index (χ3n) is 7.87. The minimum Gasteiger partial charge on any atom is -0.497 e. The van der Waals surface area contributed by atoms with E-state index in [2.05, 4.69) is 30.0 Å². The van der Waals surface area contributed by atoms with Crippen molar-refractivity contribution in [1.82, 2.24) is 4.90 Å². The standard InChI is InChI=1S/C23H31NO2/c1-3-16-10-18(25)13-23-8-9-24(14-15-4-5-15)21(22(16)23)11-17-6-7-19(26-2)12-20(17)23/h6-7,12,15-16,21-22H,3-5,8-11,13-14H2,1-2H3/t16-,21?,22-,23?/m1/s1. The van der Waals surface area contributed by atoms with Crippen molar-refractivity contribution in [3.8, 4) is 5.75 Å². The summed E-state index contributed by atoms with van der Waals surface area (Å²) in [7, 11) is 1.75. The number of hydrogen-bond donors (Lipinski definition) is 0. The highest BCUT2D eigenvalue weighted by atomic mass is 16.5. The number of benzene rings is 1. The number of rotatable bonds is 4. The third-order valence-corrected chi connectivity index (χ3v) is 7.87. The number of nitrogens with zero attached hydrogens (tertiary/aromatic N) is 1. The van der Waals surface area contributed by atoms with Crippen LogP contribution in [0.1, 0.15) is 56.6 Å². The van der Waals surface area contributed by atoms with Gasteiger partial charge >= 0.3 is 0 Å². The second-order valence-corrected chi connectivity index (χ2v) is 9.25. The zero-order valence-corrected chi connectivity index (χ0v) is 16.2. The topological polar surface area (TPSA) is 29.5 Å². The van der Waals surface area contributed by atoms with Crippen LogP contribution in [-0.4, -0.2) is 36.9 Å². The number of ketones is 1. The van der Waals surface area contributed by atoms with E-state index in [1.807, 2.05) is 0 Å². The summed E-state index contributed by atoms with van der Waals surface area (Å²) in [6, 6.07) is 7.28. The fraction of sp³-hybridized carbons (Fsp3) is 0.696. The summed E-state index contributed by atoms with van der Waals surface area (Å²) in [6.07, 6.45) is 7.82. The van der Waals surface area contributed by atoms with Crippen LogP contribution in [0.5, 0.6) is 5.75 Å². The van der Waals surface area contributed by atoms with Crippen molar-refractivity contribution in [1.29, 1.82) is 0 Å². The van der Waals surface area contributed by atoms with Gasteiger partial charge in [0.25, 0.3) is 0 Å². The van der Waals surface area contributed by atoms with Gasteiger partial charge in [-0.05, 0) is 73.2 Å². The van der Waals surface area contributed by atoms with Gasteiger partial charge in [0.2, 0.25) is 0 Å². The monoisotopic (exact) mass is 353 g/mol. The first-order chi connectivity index (χ1) is 12.6. The number of hydrogen-bond acceptors (Lipinski definition) is 3. The Morgan fingerprint density at radius 2 is 2.12 bits per heavy atom. The number of ether oxygens (including phenoxy) is 1. The van der Waals surface area contributed by atoms with Gasteiger partial charge in [-0.2, -0.15) is 0 Å². The fourth-order valence-corrected chi connectivity index (χ4v) is 6.56. The Hall–Kier alpha value is -1.35. The van der Waals surface area contributed by atoms with Gasteiger partial charge in [-0.1, -0.05) is 19.4 Å². The van der Waals surface area contributed by atoms with Crippen LogP contribution in [0, 0.1) is 17.8 Å². The fourth-order valence-electron chi connectivity index (χ4n) is 6.56. The summed E-state index contributed by atoms with van der Waals surface area (Å²) in [5.74, 6) is 3.55. The van der Waals surface area contributed by atoms with Gasteiger partial charge in [0, 0.05) is 30.8 Å². The molecule has 0 amide bonds. The second kappa shape index (κ2) is 6.09. The summed E-state index contributed by atoms with van der Waals surface area (Å²) in [6.45, 7) is 4.74. The molecule has 3 heteroatoms. The molecule has 1 saturated heterocycles. The lowest BCUT2D eigenvalue weighted by Gasteiger charge is -2.61. The normalized spacial score (nSPS) is 36.4. The van der Waals surface area contributed by atoms with Crippen LogP contribution < -0.4 is 4.74 Å². The van der Waals surface area contributed by atoms with E-state index < -0.39 is 0 Å². The van der Waals surface area contributed by atoms with E-state index in [0.29, 0.717) is 23.7 Å². The van der Waals surface area contributed by atoms with E-state index in [1.165, 1.54) is 30.5 Å². The summed E-state index contributed by atoms with van der Waals surface area (Å²) in [4.78, 5) is 15.6. The molecule has 3 nitrogen and oxygen atoms in total. The lowest BCUT2D eigenvalue weighted by atomic mass is 9.49. The van der Waals surface area contributed by atoms with Crippen LogP contribution in [0.2, 0.25) is 0 Å². The number of likely N-dealkylation sites (tertiary alicyclic amines) is 1. The zero-order valence-electron chi connectivity index (χ0n) is 16.2. The molecule has 0 radical (unpaired) electrons. The number of methoxy groups -OCH3 is 1. The maximum atomic E-state index is 12.8. The molecule has 4 atom stereocenters. The number of carbonyl (C=O) groups excluding carboxylic acids is 1. The van der Waals surface area contributed by atoms with Gasteiger partial charge in [0.05, 0.1) is 7.11 Å². The molecule has 2 unspecified atom stereocenters. The number of Topliss-reactive ketones (excluding diaryl/α,β-unsaturated/α-hetero) is 1. The highest BCUT2D eigenvalue weighted by Gasteiger charge is 2.58. The number of fused-ring (bicyclic) bond motifs is 1. The Balaban J connectivity index is 1.62. The van der Waals surface area contributed by atoms with Crippen LogP contribution >= 0.6 is 0 Å². The van der Waals surface area contributed by atoms with Gasteiger partial charge in [-0.3, -0.25) is 9.69 Å². The molecular formula is C23H31NO2. The summed E-state index contributed by atoms with van der Waals surface area (Å²) in [5, 5.41) is 0. The van der Waals surface area contributed by atoms with Crippen LogP contribution in [0.3, 0.4) is 0 Å². The Labute approximate surface area is 157 Å². The average molecular weight is 354 g/mol. The lowest BCUT2D eigenvalue weighted by Crippen LogP contribution is -2.64. The van der Waals surface area contributed by atoms with Crippen molar-refractivity contribution in [2.45, 2.75) is 63.3 Å². The van der Waals surface area contributed by atoms with E-state index in [9.17, 15) is 4.79 Å². The van der Waals surface area contributed by atoms with Crippen LogP contribution in [0.25, 0.3) is 0 Å². The molecule has 1 aromatic rings. The molecule has 140 valence electrons. The van der Waals surface area contributed by atoms with Crippen LogP contribution in [0.15, 0.2) is 18.2 Å². The number of carbonyl (C=O) groups is 1. The van der Waals surface area contributed by atoms with Gasteiger partial charge in [-0.25, -0.2) is 0 Å². The Bertz CT molecular complexity index is 725. The van der Waals surface area contributed by atoms with Crippen LogP contribution in [-0.2, 0) is 16.6 Å². The molecule has 2 saturated carbocycles. The maximum Gasteiger partial charge on any atom is 0.134 e. The maximum absolute atomic E-state index is 12.8. The largest absolute Gasteiger partial charge is 0.497 e. The van der Waals surface area contributed by atoms with Gasteiger partial charge in [0.1, 0.15) is 11.5 Å². The van der Waals surface area contributed by atoms with E-state index >= 15 is 0 Å². The SMILES string of the molecule is CC[C@@H]1CC(=O)CC23CCN(CC4CC4)C(Cc4ccc(OC)cc42)[C@@H]13. The molecule has 3 aliphatic carbocycles. The minimum absolute atomic E-state index is 0.0584. The second-order valence-electron chi connectivity index (χ2n) is 9.25. The summed E-state index contributed by atoms with van der Waals surface area (Å²) < 4.78 is 5.56. The average Bonchev–Trinajstić information content (AvgIpc) is 3.46. The highest BCUT2D eigenvalue weighted by Crippen LogP contribution is 2.58. The molecule has 0 spiro atoms. The first-order valence-electron chi connectivity index (χ1n) is 10.6. The molecule has 1 aromatic carbocycles. The summed E-state index contributed by atoms with van der Waals surface area (Å²) >= 11 is 0. The third kappa shape index (κ3) is 2.46. The molecule has 0 aromatic heterocycles. The molecular weight excluding hydrogens is 322 g/mol. The quantitative estimate of drug-likeness (QED) is 0.820. The minimum atomic E-state index is 0.0584. The Kier molecular flexibility index (Phi) is 3.93. The van der Waals surface area contributed by atoms with E-state index in [-0.39, 0.29) is 5.41 Å². The predicted octanol–water partition coefficient (Wildman–Crippen LogP) is 3.98. The molecule has 26 heavy (non-hydrogen) atoms. The smallest absolute Gasteiger partial charge is 0.134 e. The summed E-state index contributed by atoms with van der Waals surface area (Å²) in [5.41, 5.74) is 2.97. The van der Waals surface area contributed by atoms with Crippen molar-refractivity contribution in [3.05, 3.63) is 29.3 Å². The van der Waals surface area contributed by atoms with E-state index in [1.54, 1.807) is 7.11 Å². The van der Waals surface area contributed by atoms with Crippen molar-refractivity contribution < 1.29 is 9.53 Å². The van der Waals surface area contributed by atoms with Crippen molar-refractivity contribution >= 4 is 5.78 Å². The first kappa shape index (κ1) is 16.8. The van der Waals surface area contributed by atoms with E-state index in [4.69, 9.17) is 4.74 Å². The highest BCUT2D eigenvalue weighted by molar-refractivity contribution is 5.82. The lowest BCUT2D eigenvalue weighted by molar-refractivity contribution is -0.132. The molecule has 0 N–H and O–H groups in total. The van der Waals surface area contributed by atoms with Gasteiger partial charge in [0.15, 0.2) is 0 Å². The zero-order chi connectivity index (χ0) is 17.9. The number of piperidine rings is 1. The molecule has 5 rings (SSSR count). The Morgan fingerprint density at radius 1 is 1.27 bits per heavy atom. The molecule has 1 aliphatic heterocycles. The molecule has 3 fully saturated rings. The molecule has 1 heterocycles. The van der Waals surface area contributed by atoms with Crippen molar-refractivity contribution in [2.75, 3.05) is 20.2 Å². The Morgan fingerprint density at radius 3 is 2.85 bits per heavy atom. The van der Waals surface area contributed by atoms with E-state index in [0.717, 1.165) is 50.3 Å². The van der Waals surface area contributed by atoms with Crippen molar-refractivity contribution in [2.24, 2.45) is 17.8 Å². The van der Waals surface area contributed by atoms with Crippen LogP contribution in [0.4, 0.5) is 0 Å². The van der Waals surface area contributed by atoms with Crippen molar-refractivity contribution in [3.63, 3.8) is 0 Å². The molecule has 2 bridgehead atoms. The van der Waals surface area contributed by atoms with Gasteiger partial charge < -0.3 is 4.74 Å². The first-order valence-corrected chi connectivity index (χ1v) is 10.6. The predicted molar refractivity (Wildman–Crippen MR) is 103 cm³/mol. The van der Waals surface area contributed by atoms with Gasteiger partial charge in [-0.15, -0.1) is 0 Å².